The molecule has 1 saturated heterocycles. The molecule has 2 heterocycles. The zero-order valence-corrected chi connectivity index (χ0v) is 11.3. The molecule has 1 unspecified atom stereocenters. The second-order valence-electron chi connectivity index (χ2n) is 4.45. The van der Waals surface area contributed by atoms with Crippen molar-refractivity contribution in [2.45, 2.75) is 18.9 Å². The summed E-state index contributed by atoms with van der Waals surface area (Å²) in [4.78, 5) is 28.8. The zero-order valence-electron chi connectivity index (χ0n) is 10.5. The molecule has 0 spiro atoms. The first kappa shape index (κ1) is 13.9. The molecule has 1 atom stereocenters. The predicted octanol–water partition coefficient (Wildman–Crippen LogP) is 1.04. The molecule has 1 aliphatic heterocycles. The second-order valence-corrected chi connectivity index (χ2v) is 5.60. The van der Waals surface area contributed by atoms with Gasteiger partial charge in [0.05, 0.1) is 18.9 Å². The standard InChI is InChI=1S/C13H16N2O3S/c16-12(6-10-2-1-3-14-8-10)15-4-5-19-9-11(15)7-13(17)18/h1-3,8,11H,4-7,9H2,(H,17,18). The normalized spacial score (nSPS) is 19.2. The largest absolute Gasteiger partial charge is 0.481 e. The highest BCUT2D eigenvalue weighted by Gasteiger charge is 2.28. The Bertz CT molecular complexity index is 452. The van der Waals surface area contributed by atoms with E-state index in [9.17, 15) is 9.59 Å². The minimum atomic E-state index is -0.855. The van der Waals surface area contributed by atoms with E-state index in [1.54, 1.807) is 35.1 Å². The SMILES string of the molecule is O=C(O)CC1CSCCN1C(=O)Cc1cccnc1. The van der Waals surface area contributed by atoms with E-state index in [1.165, 1.54) is 0 Å². The number of hydrogen-bond donors (Lipinski definition) is 1. The van der Waals surface area contributed by atoms with Crippen molar-refractivity contribution < 1.29 is 14.7 Å². The molecule has 5 nitrogen and oxygen atoms in total. The van der Waals surface area contributed by atoms with Crippen LogP contribution in [0.3, 0.4) is 0 Å². The minimum absolute atomic E-state index is 0.0143. The van der Waals surface area contributed by atoms with Gasteiger partial charge in [-0.15, -0.1) is 0 Å². The molecule has 0 aliphatic carbocycles. The average Bonchev–Trinajstić information content (AvgIpc) is 2.39. The van der Waals surface area contributed by atoms with Crippen LogP contribution in [0.15, 0.2) is 24.5 Å². The molecular formula is C13H16N2O3S. The van der Waals surface area contributed by atoms with Crippen molar-refractivity contribution in [1.82, 2.24) is 9.88 Å². The number of aromatic nitrogens is 1. The molecule has 1 aliphatic rings. The summed E-state index contributed by atoms with van der Waals surface area (Å²) >= 11 is 1.70. The van der Waals surface area contributed by atoms with Crippen LogP contribution in [0.4, 0.5) is 0 Å². The van der Waals surface area contributed by atoms with Gasteiger partial charge in [0.1, 0.15) is 0 Å². The van der Waals surface area contributed by atoms with Gasteiger partial charge < -0.3 is 10.0 Å². The highest BCUT2D eigenvalue weighted by molar-refractivity contribution is 7.99. The fraction of sp³-hybridized carbons (Fsp3) is 0.462. The van der Waals surface area contributed by atoms with Crippen LogP contribution in [0.1, 0.15) is 12.0 Å². The first-order valence-corrected chi connectivity index (χ1v) is 7.30. The number of carbonyl (C=O) groups excluding carboxylic acids is 1. The number of hydrogen-bond acceptors (Lipinski definition) is 4. The summed E-state index contributed by atoms with van der Waals surface area (Å²) in [6, 6.07) is 3.46. The monoisotopic (exact) mass is 280 g/mol. The van der Waals surface area contributed by atoms with Gasteiger partial charge in [0, 0.05) is 30.4 Å². The summed E-state index contributed by atoms with van der Waals surface area (Å²) in [6.45, 7) is 0.627. The highest BCUT2D eigenvalue weighted by Crippen LogP contribution is 2.20. The molecule has 2 rings (SSSR count). The maximum absolute atomic E-state index is 12.3. The second kappa shape index (κ2) is 6.56. The van der Waals surface area contributed by atoms with Crippen molar-refractivity contribution in [1.29, 1.82) is 0 Å². The lowest BCUT2D eigenvalue weighted by atomic mass is 10.1. The summed E-state index contributed by atoms with van der Waals surface area (Å²) in [5.74, 6) is 0.700. The maximum Gasteiger partial charge on any atom is 0.305 e. The molecule has 0 aromatic carbocycles. The Morgan fingerprint density at radius 1 is 1.53 bits per heavy atom. The molecule has 0 radical (unpaired) electrons. The van der Waals surface area contributed by atoms with Gasteiger partial charge >= 0.3 is 5.97 Å². The van der Waals surface area contributed by atoms with E-state index in [1.807, 2.05) is 6.07 Å². The first-order valence-electron chi connectivity index (χ1n) is 6.14. The first-order chi connectivity index (χ1) is 9.16. The quantitative estimate of drug-likeness (QED) is 0.892. The smallest absolute Gasteiger partial charge is 0.305 e. The Kier molecular flexibility index (Phi) is 4.79. The van der Waals surface area contributed by atoms with Gasteiger partial charge in [-0.3, -0.25) is 14.6 Å². The number of rotatable bonds is 4. The summed E-state index contributed by atoms with van der Waals surface area (Å²) < 4.78 is 0. The van der Waals surface area contributed by atoms with Gasteiger partial charge in [0.2, 0.25) is 5.91 Å². The Balaban J connectivity index is 2.01. The summed E-state index contributed by atoms with van der Waals surface area (Å²) in [5, 5.41) is 8.90. The lowest BCUT2D eigenvalue weighted by molar-refractivity contribution is -0.140. The molecule has 102 valence electrons. The Morgan fingerprint density at radius 3 is 3.05 bits per heavy atom. The number of amides is 1. The number of carbonyl (C=O) groups is 2. The fourth-order valence-corrected chi connectivity index (χ4v) is 3.20. The maximum atomic E-state index is 12.3. The molecular weight excluding hydrogens is 264 g/mol. The van der Waals surface area contributed by atoms with Crippen molar-refractivity contribution in [3.8, 4) is 0 Å². The molecule has 0 saturated carbocycles. The van der Waals surface area contributed by atoms with Crippen molar-refractivity contribution in [2.75, 3.05) is 18.1 Å². The summed E-state index contributed by atoms with van der Waals surface area (Å²) in [6.07, 6.45) is 3.64. The topological polar surface area (TPSA) is 70.5 Å². The number of pyridine rings is 1. The third kappa shape index (κ3) is 3.96. The molecule has 0 bridgehead atoms. The molecule has 1 fully saturated rings. The van der Waals surface area contributed by atoms with Crippen LogP contribution in [0.2, 0.25) is 0 Å². The Labute approximate surface area is 116 Å². The van der Waals surface area contributed by atoms with Crippen LogP contribution in [-0.4, -0.2) is 51.0 Å². The van der Waals surface area contributed by atoms with Crippen LogP contribution in [-0.2, 0) is 16.0 Å². The predicted molar refractivity (Wildman–Crippen MR) is 73.0 cm³/mol. The number of carboxylic acid groups (broad SMARTS) is 1. The van der Waals surface area contributed by atoms with Crippen LogP contribution >= 0.6 is 11.8 Å². The number of aliphatic carboxylic acids is 1. The lowest BCUT2D eigenvalue weighted by Crippen LogP contribution is -2.47. The van der Waals surface area contributed by atoms with E-state index in [4.69, 9.17) is 5.11 Å². The summed E-state index contributed by atoms with van der Waals surface area (Å²) in [5.41, 5.74) is 0.861. The molecule has 1 aromatic heterocycles. The Hall–Kier alpha value is -1.56. The summed E-state index contributed by atoms with van der Waals surface area (Å²) in [7, 11) is 0. The molecule has 1 N–H and O–H groups in total. The van der Waals surface area contributed by atoms with E-state index >= 15 is 0 Å². The van der Waals surface area contributed by atoms with Gasteiger partial charge in [0.25, 0.3) is 0 Å². The van der Waals surface area contributed by atoms with Gasteiger partial charge in [-0.1, -0.05) is 6.07 Å². The van der Waals surface area contributed by atoms with Crippen LogP contribution < -0.4 is 0 Å². The van der Waals surface area contributed by atoms with E-state index < -0.39 is 5.97 Å². The van der Waals surface area contributed by atoms with E-state index in [-0.39, 0.29) is 24.8 Å². The molecule has 19 heavy (non-hydrogen) atoms. The molecule has 1 amide bonds. The number of nitrogens with zero attached hydrogens (tertiary/aromatic N) is 2. The third-order valence-corrected chi connectivity index (χ3v) is 4.13. The van der Waals surface area contributed by atoms with Crippen LogP contribution in [0.5, 0.6) is 0 Å². The Morgan fingerprint density at radius 2 is 2.37 bits per heavy atom. The third-order valence-electron chi connectivity index (χ3n) is 3.04. The number of carboxylic acids is 1. The minimum Gasteiger partial charge on any atom is -0.481 e. The number of thioether (sulfide) groups is 1. The molecule has 6 heteroatoms. The van der Waals surface area contributed by atoms with Crippen molar-refractivity contribution in [3.63, 3.8) is 0 Å². The van der Waals surface area contributed by atoms with Gasteiger partial charge in [0.15, 0.2) is 0 Å². The van der Waals surface area contributed by atoms with Crippen molar-refractivity contribution in [3.05, 3.63) is 30.1 Å². The van der Waals surface area contributed by atoms with Crippen molar-refractivity contribution >= 4 is 23.6 Å². The molecule has 1 aromatic rings. The highest BCUT2D eigenvalue weighted by atomic mass is 32.2. The van der Waals surface area contributed by atoms with Gasteiger partial charge in [-0.25, -0.2) is 0 Å². The van der Waals surface area contributed by atoms with Crippen LogP contribution in [0, 0.1) is 0 Å². The lowest BCUT2D eigenvalue weighted by Gasteiger charge is -2.34. The zero-order chi connectivity index (χ0) is 13.7. The average molecular weight is 280 g/mol. The van der Waals surface area contributed by atoms with Gasteiger partial charge in [-0.2, -0.15) is 11.8 Å². The van der Waals surface area contributed by atoms with Crippen LogP contribution in [0.25, 0.3) is 0 Å². The fourth-order valence-electron chi connectivity index (χ4n) is 2.13. The van der Waals surface area contributed by atoms with E-state index in [0.717, 1.165) is 11.3 Å². The van der Waals surface area contributed by atoms with Gasteiger partial charge in [-0.05, 0) is 11.6 Å². The van der Waals surface area contributed by atoms with E-state index in [2.05, 4.69) is 4.98 Å². The van der Waals surface area contributed by atoms with E-state index in [0.29, 0.717) is 12.3 Å². The van der Waals surface area contributed by atoms with Crippen molar-refractivity contribution in [2.24, 2.45) is 0 Å².